The zero-order valence-corrected chi connectivity index (χ0v) is 19.7. The number of nitrogens with one attached hydrogen (secondary N) is 1. The van der Waals surface area contributed by atoms with Crippen LogP contribution in [-0.2, 0) is 17.8 Å². The molecule has 1 amide bonds. The number of ether oxygens (including phenoxy) is 1. The molecule has 0 spiro atoms. The molecule has 154 valence electrons. The maximum Gasteiger partial charge on any atom is 0.244 e. The Hall–Kier alpha value is -2.38. The minimum atomic E-state index is -0.179. The second kappa shape index (κ2) is 10.6. The minimum absolute atomic E-state index is 0.179. The maximum absolute atomic E-state index is 12.2. The van der Waals surface area contributed by atoms with Gasteiger partial charge in [-0.15, -0.1) is 0 Å². The number of nitrogens with zero attached hydrogens (tertiary/aromatic N) is 1. The average Bonchev–Trinajstić information content (AvgIpc) is 2.71. The Morgan fingerprint density at radius 2 is 1.87 bits per heavy atom. The molecule has 3 rings (SSSR count). The average molecular weight is 533 g/mol. The van der Waals surface area contributed by atoms with Gasteiger partial charge in [0.2, 0.25) is 5.91 Å². The van der Waals surface area contributed by atoms with E-state index in [-0.39, 0.29) is 12.3 Å². The van der Waals surface area contributed by atoms with E-state index in [1.54, 1.807) is 24.4 Å². The van der Waals surface area contributed by atoms with Crippen LogP contribution in [0.5, 0.6) is 5.75 Å². The lowest BCUT2D eigenvalue weighted by Crippen LogP contribution is -2.20. The van der Waals surface area contributed by atoms with E-state index in [1.165, 1.54) is 9.13 Å². The van der Waals surface area contributed by atoms with E-state index in [2.05, 4.69) is 39.2 Å². The van der Waals surface area contributed by atoms with Gasteiger partial charge in [-0.2, -0.15) is 5.10 Å². The summed E-state index contributed by atoms with van der Waals surface area (Å²) in [5.41, 5.74) is 7.59. The summed E-state index contributed by atoms with van der Waals surface area (Å²) < 4.78 is 7.11. The van der Waals surface area contributed by atoms with Gasteiger partial charge in [-0.1, -0.05) is 47.5 Å². The van der Waals surface area contributed by atoms with Crippen molar-refractivity contribution in [3.05, 3.63) is 97.1 Å². The normalized spacial score (nSPS) is 10.9. The number of benzene rings is 3. The molecule has 3 aromatic carbocycles. The van der Waals surface area contributed by atoms with Crippen LogP contribution < -0.4 is 10.2 Å². The fraction of sp³-hybridized carbons (Fsp3) is 0.167. The molecular formula is C24H22ClIN2O2. The van der Waals surface area contributed by atoms with Crippen molar-refractivity contribution in [3.63, 3.8) is 0 Å². The molecule has 6 heteroatoms. The van der Waals surface area contributed by atoms with Crippen LogP contribution in [0.25, 0.3) is 0 Å². The van der Waals surface area contributed by atoms with E-state index in [4.69, 9.17) is 16.3 Å². The van der Waals surface area contributed by atoms with Crippen LogP contribution in [0.1, 0.15) is 27.8 Å². The van der Waals surface area contributed by atoms with Crippen LogP contribution in [0, 0.1) is 17.4 Å². The van der Waals surface area contributed by atoms with E-state index < -0.39 is 0 Å². The lowest BCUT2D eigenvalue weighted by atomic mass is 10.0. The summed E-state index contributed by atoms with van der Waals surface area (Å²) in [5.74, 6) is 0.465. The first-order chi connectivity index (χ1) is 14.4. The molecule has 0 fully saturated rings. The number of carbonyl (C=O) groups excluding carboxylic acids is 1. The number of carbonyl (C=O) groups is 1. The van der Waals surface area contributed by atoms with E-state index in [9.17, 15) is 4.79 Å². The van der Waals surface area contributed by atoms with Gasteiger partial charge >= 0.3 is 0 Å². The topological polar surface area (TPSA) is 50.7 Å². The molecule has 0 aliphatic carbocycles. The van der Waals surface area contributed by atoms with Crippen molar-refractivity contribution in [2.75, 3.05) is 0 Å². The summed E-state index contributed by atoms with van der Waals surface area (Å²) in [7, 11) is 0. The highest BCUT2D eigenvalue weighted by atomic mass is 127. The van der Waals surface area contributed by atoms with Crippen LogP contribution in [0.4, 0.5) is 0 Å². The molecule has 0 aliphatic rings. The Kier molecular flexibility index (Phi) is 7.87. The molecule has 4 nitrogen and oxygen atoms in total. The number of hydrogen-bond donors (Lipinski definition) is 1. The first-order valence-electron chi connectivity index (χ1n) is 9.45. The van der Waals surface area contributed by atoms with E-state index in [0.29, 0.717) is 22.9 Å². The lowest BCUT2D eigenvalue weighted by molar-refractivity contribution is -0.120. The fourth-order valence-electron chi connectivity index (χ4n) is 2.92. The lowest BCUT2D eigenvalue weighted by Gasteiger charge is -2.10. The van der Waals surface area contributed by atoms with Crippen LogP contribution in [-0.4, -0.2) is 12.1 Å². The third-order valence-corrected chi connectivity index (χ3v) is 5.48. The minimum Gasteiger partial charge on any atom is -0.488 e. The van der Waals surface area contributed by atoms with Crippen LogP contribution in [0.15, 0.2) is 65.8 Å². The number of rotatable bonds is 7. The fourth-order valence-corrected chi connectivity index (χ4v) is 3.46. The second-order valence-electron chi connectivity index (χ2n) is 7.00. The molecule has 0 radical (unpaired) electrons. The van der Waals surface area contributed by atoms with E-state index in [1.807, 2.05) is 50.2 Å². The smallest absolute Gasteiger partial charge is 0.244 e. The number of hydrogen-bond acceptors (Lipinski definition) is 3. The molecule has 30 heavy (non-hydrogen) atoms. The zero-order chi connectivity index (χ0) is 21.5. The molecule has 0 heterocycles. The predicted molar refractivity (Wildman–Crippen MR) is 130 cm³/mol. The largest absolute Gasteiger partial charge is 0.488 e. The Bertz CT molecular complexity index is 1070. The number of aryl methyl sites for hydroxylation is 2. The van der Waals surface area contributed by atoms with Gasteiger partial charge < -0.3 is 4.74 Å². The van der Waals surface area contributed by atoms with Crippen LogP contribution in [0.3, 0.4) is 0 Å². The summed E-state index contributed by atoms with van der Waals surface area (Å²) >= 11 is 8.39. The predicted octanol–water partition coefficient (Wildman–Crippen LogP) is 5.83. The summed E-state index contributed by atoms with van der Waals surface area (Å²) in [4.78, 5) is 12.2. The van der Waals surface area contributed by atoms with E-state index >= 15 is 0 Å². The highest BCUT2D eigenvalue weighted by Gasteiger charge is 2.07. The summed E-state index contributed by atoms with van der Waals surface area (Å²) in [6, 6.07) is 19.5. The van der Waals surface area contributed by atoms with Gasteiger partial charge in [0.15, 0.2) is 0 Å². The molecule has 0 aromatic heterocycles. The maximum atomic E-state index is 12.2. The van der Waals surface area contributed by atoms with Crippen molar-refractivity contribution in [1.82, 2.24) is 5.43 Å². The zero-order valence-electron chi connectivity index (χ0n) is 16.8. The van der Waals surface area contributed by atoms with E-state index in [0.717, 1.165) is 16.7 Å². The molecule has 0 atom stereocenters. The van der Waals surface area contributed by atoms with Crippen molar-refractivity contribution in [2.24, 2.45) is 5.10 Å². The highest BCUT2D eigenvalue weighted by Crippen LogP contribution is 2.22. The Labute approximate surface area is 195 Å². The molecule has 3 aromatic rings. The number of hydrazone groups is 1. The Morgan fingerprint density at radius 3 is 2.60 bits per heavy atom. The van der Waals surface area contributed by atoms with Crippen LogP contribution >= 0.6 is 34.2 Å². The van der Waals surface area contributed by atoms with Crippen molar-refractivity contribution >= 4 is 46.3 Å². The molecule has 0 saturated carbocycles. The van der Waals surface area contributed by atoms with Crippen molar-refractivity contribution in [3.8, 4) is 5.75 Å². The van der Waals surface area contributed by atoms with Crippen molar-refractivity contribution in [2.45, 2.75) is 26.9 Å². The summed E-state index contributed by atoms with van der Waals surface area (Å²) in [5, 5.41) is 4.66. The first-order valence-corrected chi connectivity index (χ1v) is 10.9. The van der Waals surface area contributed by atoms with Crippen LogP contribution in [0.2, 0.25) is 5.02 Å². The van der Waals surface area contributed by atoms with Gasteiger partial charge in [-0.05, 0) is 83.5 Å². The molecule has 0 aliphatic heterocycles. The number of halogens is 2. The van der Waals surface area contributed by atoms with Crippen molar-refractivity contribution < 1.29 is 9.53 Å². The summed E-state index contributed by atoms with van der Waals surface area (Å²) in [6.45, 7) is 4.46. The molecule has 0 unspecified atom stereocenters. The molecule has 0 saturated heterocycles. The first kappa shape index (κ1) is 22.3. The van der Waals surface area contributed by atoms with Gasteiger partial charge in [-0.3, -0.25) is 4.79 Å². The summed E-state index contributed by atoms with van der Waals surface area (Å²) in [6.07, 6.45) is 1.82. The highest BCUT2D eigenvalue weighted by molar-refractivity contribution is 14.1. The molecular weight excluding hydrogens is 511 g/mol. The molecule has 1 N–H and O–H groups in total. The standard InChI is InChI=1S/C24H22ClIN2O2/c1-16-3-6-19(17(2)11-16)13-24(29)28-27-14-20-12-21(25)7-10-23(20)30-15-18-4-8-22(26)9-5-18/h3-12,14H,13,15H2,1-2H3,(H,28,29)/b27-14-. The third kappa shape index (κ3) is 6.57. The quantitative estimate of drug-likeness (QED) is 0.236. The molecule has 0 bridgehead atoms. The Balaban J connectivity index is 1.63. The van der Waals surface area contributed by atoms with Gasteiger partial charge in [0.25, 0.3) is 0 Å². The number of amides is 1. The van der Waals surface area contributed by atoms with Gasteiger partial charge in [0, 0.05) is 14.2 Å². The van der Waals surface area contributed by atoms with Gasteiger partial charge in [-0.25, -0.2) is 5.43 Å². The second-order valence-corrected chi connectivity index (χ2v) is 8.68. The van der Waals surface area contributed by atoms with Gasteiger partial charge in [0.05, 0.1) is 12.6 Å². The Morgan fingerprint density at radius 1 is 1.10 bits per heavy atom. The monoisotopic (exact) mass is 532 g/mol. The van der Waals surface area contributed by atoms with Crippen molar-refractivity contribution in [1.29, 1.82) is 0 Å². The SMILES string of the molecule is Cc1ccc(CC(=O)N/N=C\c2cc(Cl)ccc2OCc2ccc(I)cc2)c(C)c1. The third-order valence-electron chi connectivity index (χ3n) is 4.52. The van der Waals surface area contributed by atoms with Gasteiger partial charge in [0.1, 0.15) is 12.4 Å².